The van der Waals surface area contributed by atoms with Crippen LogP contribution in [-0.2, 0) is 16.0 Å². The lowest BCUT2D eigenvalue weighted by atomic mass is 9.95. The highest BCUT2D eigenvalue weighted by Crippen LogP contribution is 2.30. The zero-order valence-corrected chi connectivity index (χ0v) is 18.6. The van der Waals surface area contributed by atoms with Crippen molar-refractivity contribution >= 4 is 11.6 Å². The number of hydrogen-bond donors (Lipinski definition) is 1. The molecule has 0 aliphatic carbocycles. The molecule has 6 nitrogen and oxygen atoms in total. The van der Waals surface area contributed by atoms with E-state index in [1.165, 1.54) is 28.8 Å². The number of fused-ring (bicyclic) bond motifs is 1. The van der Waals surface area contributed by atoms with Crippen LogP contribution >= 0.6 is 0 Å². The van der Waals surface area contributed by atoms with Gasteiger partial charge < -0.3 is 19.7 Å². The molecule has 1 atom stereocenters. The number of carbonyl (C=O) groups excluding carboxylic acids is 1. The average Bonchev–Trinajstić information content (AvgIpc) is 2.80. The van der Waals surface area contributed by atoms with Crippen molar-refractivity contribution in [3.8, 4) is 5.75 Å². The second-order valence-electron chi connectivity index (χ2n) is 8.48. The number of carbonyl (C=O) groups is 1. The molecule has 4 rings (SSSR count). The minimum absolute atomic E-state index is 0.0217. The summed E-state index contributed by atoms with van der Waals surface area (Å²) in [6, 6.07) is 14.7. The lowest BCUT2D eigenvalue weighted by molar-refractivity contribution is -0.123. The number of nitrogens with one attached hydrogen (secondary N) is 1. The number of nitrogens with zero attached hydrogens (tertiary/aromatic N) is 2. The maximum atomic E-state index is 12.5. The van der Waals surface area contributed by atoms with Crippen LogP contribution in [0.15, 0.2) is 42.5 Å². The Morgan fingerprint density at radius 1 is 1.13 bits per heavy atom. The maximum Gasteiger partial charge on any atom is 0.258 e. The Morgan fingerprint density at radius 3 is 2.68 bits per heavy atom. The smallest absolute Gasteiger partial charge is 0.258 e. The molecule has 2 aromatic rings. The quantitative estimate of drug-likeness (QED) is 0.742. The monoisotopic (exact) mass is 423 g/mol. The summed E-state index contributed by atoms with van der Waals surface area (Å²) in [7, 11) is 2.16. The molecule has 6 heteroatoms. The van der Waals surface area contributed by atoms with Crippen molar-refractivity contribution in [3.63, 3.8) is 0 Å². The molecule has 1 N–H and O–H groups in total. The van der Waals surface area contributed by atoms with E-state index in [2.05, 4.69) is 40.4 Å². The van der Waals surface area contributed by atoms with E-state index in [-0.39, 0.29) is 18.6 Å². The maximum absolute atomic E-state index is 12.5. The summed E-state index contributed by atoms with van der Waals surface area (Å²) in [6.07, 6.45) is 2.29. The molecule has 0 bridgehead atoms. The molecule has 1 fully saturated rings. The van der Waals surface area contributed by atoms with Crippen molar-refractivity contribution < 1.29 is 14.3 Å². The van der Waals surface area contributed by atoms with Crippen LogP contribution in [0.5, 0.6) is 5.75 Å². The third-order valence-corrected chi connectivity index (χ3v) is 6.21. The summed E-state index contributed by atoms with van der Waals surface area (Å²) in [4.78, 5) is 17.2. The van der Waals surface area contributed by atoms with E-state index in [0.29, 0.717) is 12.3 Å². The summed E-state index contributed by atoms with van der Waals surface area (Å²) in [6.45, 7) is 6.92. The molecule has 2 heterocycles. The van der Waals surface area contributed by atoms with E-state index in [1.807, 2.05) is 31.2 Å². The molecule has 0 saturated carbocycles. The van der Waals surface area contributed by atoms with Crippen molar-refractivity contribution in [1.82, 2.24) is 10.2 Å². The average molecular weight is 424 g/mol. The SMILES string of the molecule is Cc1ccc(OCC(=O)NC[C@@H](c2ccc3c(c2)CCCN3C)N2CCOCC2)cc1. The number of ether oxygens (including phenoxy) is 2. The van der Waals surface area contributed by atoms with Crippen LogP contribution in [0.3, 0.4) is 0 Å². The number of morpholine rings is 1. The lowest BCUT2D eigenvalue weighted by Crippen LogP contribution is -2.44. The third kappa shape index (κ3) is 5.57. The van der Waals surface area contributed by atoms with Gasteiger partial charge in [0.25, 0.3) is 5.91 Å². The fraction of sp³-hybridized carbons (Fsp3) is 0.480. The summed E-state index contributed by atoms with van der Waals surface area (Å²) in [5.74, 6) is 0.612. The lowest BCUT2D eigenvalue weighted by Gasteiger charge is -2.36. The van der Waals surface area contributed by atoms with Crippen LogP contribution in [0.4, 0.5) is 5.69 Å². The highest BCUT2D eigenvalue weighted by molar-refractivity contribution is 5.77. The summed E-state index contributed by atoms with van der Waals surface area (Å²) in [5, 5.41) is 3.09. The Kier molecular flexibility index (Phi) is 7.10. The van der Waals surface area contributed by atoms with Crippen molar-refractivity contribution in [2.24, 2.45) is 0 Å². The van der Waals surface area contributed by atoms with Crippen molar-refractivity contribution in [2.75, 3.05) is 57.9 Å². The van der Waals surface area contributed by atoms with E-state index in [0.717, 1.165) is 39.3 Å². The molecule has 2 aliphatic heterocycles. The number of benzene rings is 2. The van der Waals surface area contributed by atoms with Crippen molar-refractivity contribution in [3.05, 3.63) is 59.2 Å². The Morgan fingerprint density at radius 2 is 1.90 bits per heavy atom. The van der Waals surface area contributed by atoms with Crippen molar-refractivity contribution in [2.45, 2.75) is 25.8 Å². The fourth-order valence-corrected chi connectivity index (χ4v) is 4.40. The fourth-order valence-electron chi connectivity index (χ4n) is 4.40. The molecule has 0 unspecified atom stereocenters. The van der Waals surface area contributed by atoms with Gasteiger partial charge in [0, 0.05) is 38.9 Å². The molecular formula is C25H33N3O3. The van der Waals surface area contributed by atoms with E-state index in [9.17, 15) is 4.79 Å². The van der Waals surface area contributed by atoms with Gasteiger partial charge in [-0.3, -0.25) is 9.69 Å². The first kappa shape index (κ1) is 21.7. The summed E-state index contributed by atoms with van der Waals surface area (Å²) >= 11 is 0. The molecule has 166 valence electrons. The molecule has 2 aliphatic rings. The van der Waals surface area contributed by atoms with Crippen LogP contribution in [0.1, 0.15) is 29.2 Å². The second kappa shape index (κ2) is 10.2. The van der Waals surface area contributed by atoms with Gasteiger partial charge in [0.15, 0.2) is 6.61 Å². The number of hydrogen-bond acceptors (Lipinski definition) is 5. The van der Waals surface area contributed by atoms with Gasteiger partial charge in [-0.2, -0.15) is 0 Å². The molecule has 0 radical (unpaired) electrons. The largest absolute Gasteiger partial charge is 0.484 e. The van der Waals surface area contributed by atoms with Gasteiger partial charge >= 0.3 is 0 Å². The number of anilines is 1. The minimum Gasteiger partial charge on any atom is -0.484 e. The number of aryl methyl sites for hydroxylation is 2. The molecule has 1 amide bonds. The van der Waals surface area contributed by atoms with E-state index < -0.39 is 0 Å². The van der Waals surface area contributed by atoms with Crippen molar-refractivity contribution in [1.29, 1.82) is 0 Å². The first-order chi connectivity index (χ1) is 15.1. The first-order valence-electron chi connectivity index (χ1n) is 11.2. The van der Waals surface area contributed by atoms with E-state index in [4.69, 9.17) is 9.47 Å². The molecule has 0 aromatic heterocycles. The van der Waals surface area contributed by atoms with Gasteiger partial charge in [-0.05, 0) is 49.1 Å². The van der Waals surface area contributed by atoms with Gasteiger partial charge in [0.2, 0.25) is 0 Å². The molecule has 1 saturated heterocycles. The summed E-state index contributed by atoms with van der Waals surface area (Å²) < 4.78 is 11.2. The predicted molar refractivity (Wildman–Crippen MR) is 123 cm³/mol. The van der Waals surface area contributed by atoms with E-state index in [1.54, 1.807) is 0 Å². The van der Waals surface area contributed by atoms with Gasteiger partial charge in [0.05, 0.1) is 19.3 Å². The Balaban J connectivity index is 1.42. The standard InChI is InChI=1S/C25H33N3O3/c1-19-5-8-22(9-6-19)31-18-25(29)26-17-24(28-12-14-30-15-13-28)21-7-10-23-20(16-21)4-3-11-27(23)2/h5-10,16,24H,3-4,11-15,17-18H2,1-2H3,(H,26,29)/t24-/m0/s1. The number of rotatable bonds is 7. The predicted octanol–water partition coefficient (Wildman–Crippen LogP) is 2.95. The van der Waals surface area contributed by atoms with Gasteiger partial charge in [0.1, 0.15) is 5.75 Å². The Labute approximate surface area is 185 Å². The van der Waals surface area contributed by atoms with Crippen LogP contribution in [-0.4, -0.2) is 63.9 Å². The Hall–Kier alpha value is -2.57. The second-order valence-corrected chi connectivity index (χ2v) is 8.48. The topological polar surface area (TPSA) is 54.0 Å². The van der Waals surface area contributed by atoms with Crippen LogP contribution in [0.25, 0.3) is 0 Å². The molecule has 0 spiro atoms. The molecule has 31 heavy (non-hydrogen) atoms. The zero-order valence-electron chi connectivity index (χ0n) is 18.6. The van der Waals surface area contributed by atoms with E-state index >= 15 is 0 Å². The molecular weight excluding hydrogens is 390 g/mol. The summed E-state index contributed by atoms with van der Waals surface area (Å²) in [5.41, 5.74) is 5.15. The van der Waals surface area contributed by atoms with Gasteiger partial charge in [-0.15, -0.1) is 0 Å². The Bertz CT molecular complexity index is 878. The number of amides is 1. The van der Waals surface area contributed by atoms with Crippen LogP contribution in [0.2, 0.25) is 0 Å². The highest BCUT2D eigenvalue weighted by atomic mass is 16.5. The van der Waals surface area contributed by atoms with Crippen LogP contribution in [0, 0.1) is 6.92 Å². The highest BCUT2D eigenvalue weighted by Gasteiger charge is 2.25. The first-order valence-corrected chi connectivity index (χ1v) is 11.2. The molecule has 2 aromatic carbocycles. The van der Waals surface area contributed by atoms with Crippen LogP contribution < -0.4 is 15.0 Å². The normalized spacial score (nSPS) is 17.7. The van der Waals surface area contributed by atoms with Gasteiger partial charge in [-0.25, -0.2) is 0 Å². The zero-order chi connectivity index (χ0) is 21.6. The van der Waals surface area contributed by atoms with Gasteiger partial charge in [-0.1, -0.05) is 29.8 Å². The third-order valence-electron chi connectivity index (χ3n) is 6.21. The minimum atomic E-state index is -0.100.